The molecule has 6 heteroatoms. The smallest absolute Gasteiger partial charge is 0.223 e. The van der Waals surface area contributed by atoms with Crippen LogP contribution in [-0.4, -0.2) is 57.8 Å². The van der Waals surface area contributed by atoms with Gasteiger partial charge in [-0.3, -0.25) is 19.6 Å². The molecule has 1 saturated heterocycles. The third-order valence-electron chi connectivity index (χ3n) is 5.38. The molecule has 0 spiro atoms. The number of nitrogens with zero attached hydrogens (tertiary/aromatic N) is 4. The molecule has 0 atom stereocenters. The molecule has 0 N–H and O–H groups in total. The van der Waals surface area contributed by atoms with E-state index in [0.29, 0.717) is 51.4 Å². The summed E-state index contributed by atoms with van der Waals surface area (Å²) >= 11 is 0. The zero-order chi connectivity index (χ0) is 17.5. The summed E-state index contributed by atoms with van der Waals surface area (Å²) in [5, 5.41) is 0. The number of amides is 2. The number of aryl methyl sites for hydroxylation is 1. The van der Waals surface area contributed by atoms with E-state index in [1.165, 1.54) is 32.1 Å². The molecule has 2 aliphatic rings. The molecule has 1 aromatic rings. The average Bonchev–Trinajstić information content (AvgIpc) is 2.68. The molecule has 1 aliphatic carbocycles. The summed E-state index contributed by atoms with van der Waals surface area (Å²) < 4.78 is 0. The molecule has 1 aromatic heterocycles. The minimum Gasteiger partial charge on any atom is -0.339 e. The highest BCUT2D eigenvalue weighted by atomic mass is 16.2. The van der Waals surface area contributed by atoms with Crippen LogP contribution in [0.3, 0.4) is 0 Å². The monoisotopic (exact) mass is 344 g/mol. The largest absolute Gasteiger partial charge is 0.339 e. The predicted molar refractivity (Wildman–Crippen MR) is 94.7 cm³/mol. The molecular weight excluding hydrogens is 316 g/mol. The van der Waals surface area contributed by atoms with Crippen LogP contribution >= 0.6 is 0 Å². The van der Waals surface area contributed by atoms with Gasteiger partial charge in [0.1, 0.15) is 0 Å². The van der Waals surface area contributed by atoms with Crippen molar-refractivity contribution in [3.8, 4) is 0 Å². The van der Waals surface area contributed by atoms with E-state index in [0.717, 1.165) is 5.69 Å². The summed E-state index contributed by atoms with van der Waals surface area (Å²) in [5.74, 6) is 0.997. The number of hydrogen-bond acceptors (Lipinski definition) is 4. The fourth-order valence-electron chi connectivity index (χ4n) is 3.82. The molecule has 25 heavy (non-hydrogen) atoms. The van der Waals surface area contributed by atoms with E-state index in [1.54, 1.807) is 18.6 Å². The number of carbonyl (C=O) groups excluding carboxylic acids is 2. The lowest BCUT2D eigenvalue weighted by molar-refractivity contribution is -0.140. The molecule has 2 amide bonds. The molecule has 136 valence electrons. The first-order valence-corrected chi connectivity index (χ1v) is 9.53. The van der Waals surface area contributed by atoms with Crippen molar-refractivity contribution in [2.45, 2.75) is 51.4 Å². The van der Waals surface area contributed by atoms with Gasteiger partial charge in [0.2, 0.25) is 11.8 Å². The number of rotatable bonds is 5. The first-order chi connectivity index (χ1) is 12.2. The zero-order valence-electron chi connectivity index (χ0n) is 14.9. The molecule has 0 unspecified atom stereocenters. The molecule has 6 nitrogen and oxygen atoms in total. The van der Waals surface area contributed by atoms with E-state index >= 15 is 0 Å². The Kier molecular flexibility index (Phi) is 6.36. The topological polar surface area (TPSA) is 66.4 Å². The van der Waals surface area contributed by atoms with Crippen LogP contribution in [0.25, 0.3) is 0 Å². The maximum Gasteiger partial charge on any atom is 0.223 e. The van der Waals surface area contributed by atoms with Crippen LogP contribution in [0.4, 0.5) is 0 Å². The quantitative estimate of drug-likeness (QED) is 0.820. The van der Waals surface area contributed by atoms with E-state index in [4.69, 9.17) is 0 Å². The lowest BCUT2D eigenvalue weighted by Gasteiger charge is -2.35. The molecule has 1 saturated carbocycles. The van der Waals surface area contributed by atoms with Crippen LogP contribution in [-0.2, 0) is 16.0 Å². The summed E-state index contributed by atoms with van der Waals surface area (Å²) in [6, 6.07) is 0. The number of aromatic nitrogens is 2. The van der Waals surface area contributed by atoms with Gasteiger partial charge in [-0.05, 0) is 25.2 Å². The van der Waals surface area contributed by atoms with Gasteiger partial charge in [0, 0.05) is 57.6 Å². The highest BCUT2D eigenvalue weighted by molar-refractivity contribution is 5.78. The van der Waals surface area contributed by atoms with Crippen LogP contribution in [0.1, 0.15) is 50.6 Å². The van der Waals surface area contributed by atoms with Crippen molar-refractivity contribution < 1.29 is 9.59 Å². The minimum atomic E-state index is 0.144. The SMILES string of the molecule is O=C(CCc1cnccn1)N1CCN(C(=O)CC2CCCCC2)CC1. The van der Waals surface area contributed by atoms with Gasteiger partial charge in [-0.15, -0.1) is 0 Å². The van der Waals surface area contributed by atoms with Gasteiger partial charge in [0.15, 0.2) is 0 Å². The molecule has 0 bridgehead atoms. The molecule has 1 aliphatic heterocycles. The van der Waals surface area contributed by atoms with Crippen LogP contribution in [0.5, 0.6) is 0 Å². The third-order valence-corrected chi connectivity index (χ3v) is 5.38. The number of carbonyl (C=O) groups is 2. The van der Waals surface area contributed by atoms with Gasteiger partial charge in [-0.25, -0.2) is 0 Å². The van der Waals surface area contributed by atoms with Crippen molar-refractivity contribution in [1.29, 1.82) is 0 Å². The van der Waals surface area contributed by atoms with Gasteiger partial charge in [-0.1, -0.05) is 19.3 Å². The molecule has 0 radical (unpaired) electrons. The Bertz CT molecular complexity index is 564. The van der Waals surface area contributed by atoms with E-state index in [-0.39, 0.29) is 11.8 Å². The second-order valence-electron chi connectivity index (χ2n) is 7.17. The van der Waals surface area contributed by atoms with Crippen LogP contribution in [0.15, 0.2) is 18.6 Å². The first kappa shape index (κ1) is 17.8. The van der Waals surface area contributed by atoms with E-state index < -0.39 is 0 Å². The molecule has 0 aromatic carbocycles. The summed E-state index contributed by atoms with van der Waals surface area (Å²) in [7, 11) is 0. The summed E-state index contributed by atoms with van der Waals surface area (Å²) in [6.45, 7) is 2.64. The van der Waals surface area contributed by atoms with Crippen molar-refractivity contribution in [3.63, 3.8) is 0 Å². The Hall–Kier alpha value is -1.98. The van der Waals surface area contributed by atoms with Crippen LogP contribution < -0.4 is 0 Å². The Balaban J connectivity index is 1.38. The van der Waals surface area contributed by atoms with Gasteiger partial charge in [0.25, 0.3) is 0 Å². The van der Waals surface area contributed by atoms with Gasteiger partial charge >= 0.3 is 0 Å². The van der Waals surface area contributed by atoms with Crippen LogP contribution in [0.2, 0.25) is 0 Å². The zero-order valence-corrected chi connectivity index (χ0v) is 14.9. The molecule has 3 rings (SSSR count). The lowest BCUT2D eigenvalue weighted by atomic mass is 9.86. The third kappa shape index (κ3) is 5.25. The Morgan fingerprint density at radius 3 is 2.28 bits per heavy atom. The Morgan fingerprint density at radius 2 is 1.64 bits per heavy atom. The maximum absolute atomic E-state index is 12.5. The normalized spacial score (nSPS) is 19.0. The van der Waals surface area contributed by atoms with Crippen LogP contribution in [0, 0.1) is 5.92 Å². The summed E-state index contributed by atoms with van der Waals surface area (Å²) in [6.07, 6.45) is 13.0. The fraction of sp³-hybridized carbons (Fsp3) is 0.684. The van der Waals surface area contributed by atoms with Gasteiger partial charge in [-0.2, -0.15) is 0 Å². The van der Waals surface area contributed by atoms with Crippen molar-refractivity contribution in [2.24, 2.45) is 5.92 Å². The average molecular weight is 344 g/mol. The molecule has 2 fully saturated rings. The molecular formula is C19H28N4O2. The highest BCUT2D eigenvalue weighted by Crippen LogP contribution is 2.27. The maximum atomic E-state index is 12.5. The van der Waals surface area contributed by atoms with Crippen molar-refractivity contribution >= 4 is 11.8 Å². The van der Waals surface area contributed by atoms with Crippen molar-refractivity contribution in [2.75, 3.05) is 26.2 Å². The fourth-order valence-corrected chi connectivity index (χ4v) is 3.82. The van der Waals surface area contributed by atoms with Gasteiger partial charge < -0.3 is 9.80 Å². The second kappa shape index (κ2) is 8.92. The Labute approximate surface area is 149 Å². The standard InChI is InChI=1S/C19H28N4O2/c24-18(7-6-17-15-20-8-9-21-17)22-10-12-23(13-11-22)19(25)14-16-4-2-1-3-5-16/h8-9,15-16H,1-7,10-14H2. The summed E-state index contributed by atoms with van der Waals surface area (Å²) in [5.41, 5.74) is 0.845. The summed E-state index contributed by atoms with van der Waals surface area (Å²) in [4.78, 5) is 36.8. The minimum absolute atomic E-state index is 0.144. The molecule has 2 heterocycles. The van der Waals surface area contributed by atoms with E-state index in [2.05, 4.69) is 9.97 Å². The van der Waals surface area contributed by atoms with Gasteiger partial charge in [0.05, 0.1) is 5.69 Å². The van der Waals surface area contributed by atoms with E-state index in [9.17, 15) is 9.59 Å². The van der Waals surface area contributed by atoms with Crippen molar-refractivity contribution in [1.82, 2.24) is 19.8 Å². The van der Waals surface area contributed by atoms with E-state index in [1.807, 2.05) is 9.80 Å². The van der Waals surface area contributed by atoms with Crippen molar-refractivity contribution in [3.05, 3.63) is 24.3 Å². The Morgan fingerprint density at radius 1 is 0.960 bits per heavy atom. The highest BCUT2D eigenvalue weighted by Gasteiger charge is 2.26. The number of piperazine rings is 1. The predicted octanol–water partition coefficient (Wildman–Crippen LogP) is 2.05. The number of hydrogen-bond donors (Lipinski definition) is 0. The first-order valence-electron chi connectivity index (χ1n) is 9.53. The lowest BCUT2D eigenvalue weighted by Crippen LogP contribution is -2.50. The second-order valence-corrected chi connectivity index (χ2v) is 7.17.